The summed E-state index contributed by atoms with van der Waals surface area (Å²) in [7, 11) is 0. The van der Waals surface area contributed by atoms with Crippen molar-refractivity contribution in [1.29, 1.82) is 5.41 Å². The molecule has 122 valence electrons. The minimum Gasteiger partial charge on any atom is -0.472 e. The maximum atomic E-state index is 8.19. The fourth-order valence-electron chi connectivity index (χ4n) is 2.56. The van der Waals surface area contributed by atoms with Crippen LogP contribution >= 0.6 is 0 Å². The van der Waals surface area contributed by atoms with Crippen molar-refractivity contribution in [3.63, 3.8) is 0 Å². The SMILES string of the molecule is CCCNC(=N)N(CCCN)CC1CCc2cccnc2O1. The largest absolute Gasteiger partial charge is 0.472 e. The van der Waals surface area contributed by atoms with Crippen LogP contribution in [0.15, 0.2) is 18.3 Å². The van der Waals surface area contributed by atoms with E-state index in [1.165, 1.54) is 5.56 Å². The molecule has 4 N–H and O–H groups in total. The molecule has 6 heteroatoms. The molecule has 1 aliphatic heterocycles. The number of hydrogen-bond acceptors (Lipinski definition) is 4. The zero-order valence-corrected chi connectivity index (χ0v) is 13.3. The summed E-state index contributed by atoms with van der Waals surface area (Å²) in [6.07, 6.45) is 5.65. The van der Waals surface area contributed by atoms with E-state index in [1.807, 2.05) is 11.0 Å². The van der Waals surface area contributed by atoms with Crippen LogP contribution in [-0.2, 0) is 6.42 Å². The zero-order chi connectivity index (χ0) is 15.8. The topological polar surface area (TPSA) is 87.3 Å². The van der Waals surface area contributed by atoms with Gasteiger partial charge >= 0.3 is 0 Å². The Morgan fingerprint density at radius 3 is 3.23 bits per heavy atom. The molecule has 0 bridgehead atoms. The van der Waals surface area contributed by atoms with Crippen molar-refractivity contribution in [2.45, 2.75) is 38.7 Å². The van der Waals surface area contributed by atoms with Crippen molar-refractivity contribution in [3.8, 4) is 5.88 Å². The highest BCUT2D eigenvalue weighted by Gasteiger charge is 2.23. The van der Waals surface area contributed by atoms with Gasteiger partial charge in [-0.05, 0) is 38.3 Å². The van der Waals surface area contributed by atoms with Gasteiger partial charge in [0.2, 0.25) is 5.88 Å². The highest BCUT2D eigenvalue weighted by Crippen LogP contribution is 2.24. The molecule has 1 aliphatic rings. The fraction of sp³-hybridized carbons (Fsp3) is 0.625. The summed E-state index contributed by atoms with van der Waals surface area (Å²) in [5.74, 6) is 1.20. The van der Waals surface area contributed by atoms with E-state index in [2.05, 4.69) is 23.3 Å². The highest BCUT2D eigenvalue weighted by atomic mass is 16.5. The lowest BCUT2D eigenvalue weighted by Crippen LogP contribution is -2.47. The molecule has 0 aliphatic carbocycles. The number of ether oxygens (including phenoxy) is 1. The van der Waals surface area contributed by atoms with Crippen LogP contribution in [0.5, 0.6) is 5.88 Å². The van der Waals surface area contributed by atoms with Crippen LogP contribution in [0.25, 0.3) is 0 Å². The summed E-state index contributed by atoms with van der Waals surface area (Å²) in [6, 6.07) is 4.01. The predicted molar refractivity (Wildman–Crippen MR) is 88.2 cm³/mol. The van der Waals surface area contributed by atoms with Gasteiger partial charge in [0.25, 0.3) is 0 Å². The predicted octanol–water partition coefficient (Wildman–Crippen LogP) is 1.36. The highest BCUT2D eigenvalue weighted by molar-refractivity contribution is 5.76. The van der Waals surface area contributed by atoms with E-state index in [4.69, 9.17) is 15.9 Å². The maximum absolute atomic E-state index is 8.19. The lowest BCUT2D eigenvalue weighted by molar-refractivity contribution is 0.134. The Hall–Kier alpha value is -1.82. The number of hydrogen-bond donors (Lipinski definition) is 3. The van der Waals surface area contributed by atoms with Gasteiger partial charge in [-0.25, -0.2) is 4.98 Å². The third-order valence-electron chi connectivity index (χ3n) is 3.78. The van der Waals surface area contributed by atoms with Crippen LogP contribution in [-0.4, -0.2) is 48.1 Å². The number of nitrogens with zero attached hydrogens (tertiary/aromatic N) is 2. The summed E-state index contributed by atoms with van der Waals surface area (Å²) >= 11 is 0. The van der Waals surface area contributed by atoms with Crippen LogP contribution in [0.3, 0.4) is 0 Å². The molecule has 1 aromatic heterocycles. The van der Waals surface area contributed by atoms with Crippen molar-refractivity contribution in [2.75, 3.05) is 26.2 Å². The lowest BCUT2D eigenvalue weighted by atomic mass is 10.0. The third-order valence-corrected chi connectivity index (χ3v) is 3.78. The Morgan fingerprint density at radius 2 is 2.45 bits per heavy atom. The average molecular weight is 305 g/mol. The molecule has 0 aromatic carbocycles. The van der Waals surface area contributed by atoms with Gasteiger partial charge in [-0.2, -0.15) is 0 Å². The van der Waals surface area contributed by atoms with Gasteiger partial charge in [-0.3, -0.25) is 5.41 Å². The maximum Gasteiger partial charge on any atom is 0.216 e. The van der Waals surface area contributed by atoms with Crippen LogP contribution in [0, 0.1) is 5.41 Å². The monoisotopic (exact) mass is 305 g/mol. The van der Waals surface area contributed by atoms with E-state index in [0.717, 1.165) is 44.7 Å². The van der Waals surface area contributed by atoms with E-state index >= 15 is 0 Å². The van der Waals surface area contributed by atoms with Gasteiger partial charge in [0.05, 0.1) is 6.54 Å². The molecule has 0 fully saturated rings. The van der Waals surface area contributed by atoms with E-state index in [-0.39, 0.29) is 6.10 Å². The minimum absolute atomic E-state index is 0.0731. The van der Waals surface area contributed by atoms with E-state index in [9.17, 15) is 0 Å². The molecular weight excluding hydrogens is 278 g/mol. The third kappa shape index (κ3) is 4.59. The normalized spacial score (nSPS) is 16.5. The number of rotatable bonds is 7. The first-order valence-electron chi connectivity index (χ1n) is 8.12. The Bertz CT molecular complexity index is 479. The van der Waals surface area contributed by atoms with E-state index < -0.39 is 0 Å². The summed E-state index contributed by atoms with van der Waals surface area (Å²) in [5, 5.41) is 11.3. The van der Waals surface area contributed by atoms with Gasteiger partial charge in [0.15, 0.2) is 5.96 Å². The number of nitrogens with one attached hydrogen (secondary N) is 2. The van der Waals surface area contributed by atoms with Gasteiger partial charge < -0.3 is 20.7 Å². The zero-order valence-electron chi connectivity index (χ0n) is 13.3. The molecule has 0 saturated carbocycles. The van der Waals surface area contributed by atoms with Gasteiger partial charge in [0, 0.05) is 24.8 Å². The Labute approximate surface area is 132 Å². The summed E-state index contributed by atoms with van der Waals surface area (Å²) in [4.78, 5) is 6.33. The van der Waals surface area contributed by atoms with Crippen LogP contribution in [0.4, 0.5) is 0 Å². The number of aromatic nitrogens is 1. The first kappa shape index (κ1) is 16.5. The van der Waals surface area contributed by atoms with Crippen LogP contribution in [0.2, 0.25) is 0 Å². The molecule has 0 saturated heterocycles. The van der Waals surface area contributed by atoms with Crippen molar-refractivity contribution >= 4 is 5.96 Å². The van der Waals surface area contributed by atoms with Crippen molar-refractivity contribution in [3.05, 3.63) is 23.9 Å². The Morgan fingerprint density at radius 1 is 1.59 bits per heavy atom. The molecule has 0 amide bonds. The van der Waals surface area contributed by atoms with E-state index in [0.29, 0.717) is 19.0 Å². The quantitative estimate of drug-likeness (QED) is 0.523. The second kappa shape index (κ2) is 8.58. The second-order valence-electron chi connectivity index (χ2n) is 5.61. The Balaban J connectivity index is 1.94. The summed E-state index contributed by atoms with van der Waals surface area (Å²) in [5.41, 5.74) is 6.79. The first-order valence-corrected chi connectivity index (χ1v) is 8.12. The average Bonchev–Trinajstić information content (AvgIpc) is 2.56. The second-order valence-corrected chi connectivity index (χ2v) is 5.61. The van der Waals surface area contributed by atoms with E-state index in [1.54, 1.807) is 6.20 Å². The standard InChI is InChI=1S/C16H27N5O/c1-2-9-20-16(18)21(11-4-8-17)12-14-7-6-13-5-3-10-19-15(13)22-14/h3,5,10,14H,2,4,6-9,11-12,17H2,1H3,(H2,18,20). The van der Waals surface area contributed by atoms with Crippen molar-refractivity contribution in [2.24, 2.45) is 5.73 Å². The smallest absolute Gasteiger partial charge is 0.216 e. The molecule has 0 spiro atoms. The fourth-order valence-corrected chi connectivity index (χ4v) is 2.56. The van der Waals surface area contributed by atoms with Crippen LogP contribution in [0.1, 0.15) is 31.7 Å². The molecule has 1 aromatic rings. The van der Waals surface area contributed by atoms with Crippen molar-refractivity contribution in [1.82, 2.24) is 15.2 Å². The summed E-state index contributed by atoms with van der Waals surface area (Å²) < 4.78 is 5.99. The Kier molecular flexibility index (Phi) is 6.45. The van der Waals surface area contributed by atoms with Gasteiger partial charge in [0.1, 0.15) is 6.10 Å². The van der Waals surface area contributed by atoms with Gasteiger partial charge in [-0.1, -0.05) is 13.0 Å². The number of guanidine groups is 1. The van der Waals surface area contributed by atoms with Crippen LogP contribution < -0.4 is 15.8 Å². The molecule has 6 nitrogen and oxygen atoms in total. The number of aryl methyl sites for hydroxylation is 1. The number of fused-ring (bicyclic) bond motifs is 1. The van der Waals surface area contributed by atoms with Crippen molar-refractivity contribution < 1.29 is 4.74 Å². The lowest BCUT2D eigenvalue weighted by Gasteiger charge is -2.32. The molecule has 1 atom stereocenters. The molecule has 1 unspecified atom stereocenters. The molecule has 2 heterocycles. The number of pyridine rings is 1. The molecular formula is C16H27N5O. The summed E-state index contributed by atoms with van der Waals surface area (Å²) in [6.45, 7) is 5.02. The molecule has 2 rings (SSSR count). The number of nitrogens with two attached hydrogens (primary N) is 1. The minimum atomic E-state index is 0.0731. The van der Waals surface area contributed by atoms with Gasteiger partial charge in [-0.15, -0.1) is 0 Å². The first-order chi connectivity index (χ1) is 10.7. The molecule has 22 heavy (non-hydrogen) atoms. The molecule has 0 radical (unpaired) electrons.